The molecule has 6 nitrogen and oxygen atoms in total. The summed E-state index contributed by atoms with van der Waals surface area (Å²) in [5.41, 5.74) is 2.14. The molecule has 0 amide bonds. The van der Waals surface area contributed by atoms with E-state index in [4.69, 9.17) is 0 Å². The third kappa shape index (κ3) is 2.44. The zero-order valence-electron chi connectivity index (χ0n) is 10.9. The van der Waals surface area contributed by atoms with E-state index in [9.17, 15) is 5.11 Å². The Hall–Kier alpha value is -1.95. The summed E-state index contributed by atoms with van der Waals surface area (Å²) in [7, 11) is 0. The number of piperidine rings is 1. The predicted molar refractivity (Wildman–Crippen MR) is 71.3 cm³/mol. The van der Waals surface area contributed by atoms with Crippen LogP contribution in [0.1, 0.15) is 18.4 Å². The number of aliphatic hydroxyl groups is 1. The van der Waals surface area contributed by atoms with Crippen LogP contribution < -0.4 is 4.90 Å². The van der Waals surface area contributed by atoms with Crippen molar-refractivity contribution in [2.75, 3.05) is 18.0 Å². The minimum absolute atomic E-state index is 0.295. The quantitative estimate of drug-likeness (QED) is 0.869. The minimum atomic E-state index is -0.295. The van der Waals surface area contributed by atoms with Crippen LogP contribution in [-0.2, 0) is 0 Å². The number of hydrogen-bond acceptors (Lipinski definition) is 5. The van der Waals surface area contributed by atoms with Gasteiger partial charge >= 0.3 is 0 Å². The van der Waals surface area contributed by atoms with E-state index < -0.39 is 0 Å². The maximum atomic E-state index is 9.76. The Bertz CT molecular complexity index is 550. The zero-order chi connectivity index (χ0) is 13.2. The second-order valence-corrected chi connectivity index (χ2v) is 4.97. The van der Waals surface area contributed by atoms with E-state index in [2.05, 4.69) is 15.5 Å². The van der Waals surface area contributed by atoms with E-state index in [1.165, 1.54) is 5.56 Å². The monoisotopic (exact) mass is 259 g/mol. The molecule has 1 unspecified atom stereocenters. The summed E-state index contributed by atoms with van der Waals surface area (Å²) < 4.78 is 1.72. The number of aryl methyl sites for hydroxylation is 1. The number of tetrazole rings is 1. The Morgan fingerprint density at radius 1 is 1.26 bits per heavy atom. The topological polar surface area (TPSA) is 67.1 Å². The smallest absolute Gasteiger partial charge is 0.250 e. The number of β-amino-alcohol motifs (C(OH)–C–C–N with tert-alkyl or cyclic N) is 1. The fraction of sp³-hybridized carbons (Fsp3) is 0.462. The van der Waals surface area contributed by atoms with E-state index in [0.717, 1.165) is 25.1 Å². The Kier molecular flexibility index (Phi) is 3.16. The third-order valence-electron chi connectivity index (χ3n) is 3.41. The lowest BCUT2D eigenvalue weighted by Crippen LogP contribution is -2.39. The molecule has 1 fully saturated rings. The van der Waals surface area contributed by atoms with Gasteiger partial charge in [-0.3, -0.25) is 0 Å². The summed E-state index contributed by atoms with van der Waals surface area (Å²) in [6, 6.07) is 8.06. The largest absolute Gasteiger partial charge is 0.391 e. The van der Waals surface area contributed by atoms with Gasteiger partial charge in [-0.1, -0.05) is 22.8 Å². The summed E-state index contributed by atoms with van der Waals surface area (Å²) in [4.78, 5) is 2.04. The van der Waals surface area contributed by atoms with Gasteiger partial charge in [0.1, 0.15) is 0 Å². The first-order valence-corrected chi connectivity index (χ1v) is 6.52. The number of aliphatic hydroxyl groups excluding tert-OH is 1. The number of benzene rings is 1. The molecule has 1 aromatic carbocycles. The molecule has 19 heavy (non-hydrogen) atoms. The summed E-state index contributed by atoms with van der Waals surface area (Å²) in [6.07, 6.45) is 1.52. The molecule has 2 heterocycles. The van der Waals surface area contributed by atoms with Crippen molar-refractivity contribution in [1.82, 2.24) is 20.2 Å². The van der Waals surface area contributed by atoms with Crippen molar-refractivity contribution in [3.63, 3.8) is 0 Å². The van der Waals surface area contributed by atoms with Crippen molar-refractivity contribution in [2.24, 2.45) is 0 Å². The first-order valence-electron chi connectivity index (χ1n) is 6.52. The molecule has 2 aromatic rings. The molecule has 1 atom stereocenters. The predicted octanol–water partition coefficient (Wildman–Crippen LogP) is 0.932. The first-order chi connectivity index (χ1) is 9.24. The van der Waals surface area contributed by atoms with Crippen LogP contribution >= 0.6 is 0 Å². The minimum Gasteiger partial charge on any atom is -0.391 e. The first kappa shape index (κ1) is 12.1. The molecule has 0 spiro atoms. The summed E-state index contributed by atoms with van der Waals surface area (Å²) in [6.45, 7) is 3.51. The maximum Gasteiger partial charge on any atom is 0.250 e. The lowest BCUT2D eigenvalue weighted by atomic mass is 10.1. The Morgan fingerprint density at radius 3 is 2.79 bits per heavy atom. The molecule has 1 aliphatic rings. The molecule has 100 valence electrons. The molecule has 1 N–H and O–H groups in total. The van der Waals surface area contributed by atoms with Crippen LogP contribution in [0.3, 0.4) is 0 Å². The summed E-state index contributed by atoms with van der Waals surface area (Å²) in [5.74, 6) is 0.697. The molecule has 0 bridgehead atoms. The molecule has 1 aromatic heterocycles. The maximum absolute atomic E-state index is 9.76. The van der Waals surface area contributed by atoms with Crippen molar-refractivity contribution in [2.45, 2.75) is 25.9 Å². The van der Waals surface area contributed by atoms with E-state index in [1.54, 1.807) is 4.68 Å². The van der Waals surface area contributed by atoms with Gasteiger partial charge in [0.2, 0.25) is 5.95 Å². The highest BCUT2D eigenvalue weighted by atomic mass is 16.3. The fourth-order valence-electron chi connectivity index (χ4n) is 2.37. The van der Waals surface area contributed by atoms with Gasteiger partial charge in [-0.05, 0) is 42.3 Å². The molecular weight excluding hydrogens is 242 g/mol. The SMILES string of the molecule is Cc1ccc(-n2nnnc2N2CCCC(O)C2)cc1. The highest BCUT2D eigenvalue weighted by Crippen LogP contribution is 2.20. The zero-order valence-corrected chi connectivity index (χ0v) is 10.9. The van der Waals surface area contributed by atoms with E-state index in [-0.39, 0.29) is 6.10 Å². The molecule has 1 aliphatic heterocycles. The van der Waals surface area contributed by atoms with Crippen LogP contribution in [0, 0.1) is 6.92 Å². The highest BCUT2D eigenvalue weighted by molar-refractivity contribution is 5.42. The third-order valence-corrected chi connectivity index (χ3v) is 3.41. The van der Waals surface area contributed by atoms with Gasteiger partial charge in [-0.25, -0.2) is 0 Å². The lowest BCUT2D eigenvalue weighted by molar-refractivity contribution is 0.153. The number of nitrogens with zero attached hydrogens (tertiary/aromatic N) is 5. The molecule has 0 aliphatic carbocycles. The normalized spacial score (nSPS) is 19.7. The van der Waals surface area contributed by atoms with Gasteiger partial charge in [0.15, 0.2) is 0 Å². The van der Waals surface area contributed by atoms with Gasteiger partial charge in [0.25, 0.3) is 0 Å². The van der Waals surface area contributed by atoms with Gasteiger partial charge in [0.05, 0.1) is 11.8 Å². The van der Waals surface area contributed by atoms with Crippen LogP contribution in [-0.4, -0.2) is 44.5 Å². The van der Waals surface area contributed by atoms with Gasteiger partial charge in [-0.2, -0.15) is 4.68 Å². The van der Waals surface area contributed by atoms with Crippen LogP contribution in [0.5, 0.6) is 0 Å². The van der Waals surface area contributed by atoms with Crippen molar-refractivity contribution in [1.29, 1.82) is 0 Å². The van der Waals surface area contributed by atoms with Crippen LogP contribution in [0.4, 0.5) is 5.95 Å². The number of hydrogen-bond donors (Lipinski definition) is 1. The number of anilines is 1. The average molecular weight is 259 g/mol. The molecule has 3 rings (SSSR count). The summed E-state index contributed by atoms with van der Waals surface area (Å²) >= 11 is 0. The second kappa shape index (κ2) is 4.97. The number of aromatic nitrogens is 4. The van der Waals surface area contributed by atoms with Crippen molar-refractivity contribution in [3.8, 4) is 5.69 Å². The molecular formula is C13H17N5O. The van der Waals surface area contributed by atoms with Gasteiger partial charge in [0, 0.05) is 13.1 Å². The Balaban J connectivity index is 1.91. The Morgan fingerprint density at radius 2 is 2.05 bits per heavy atom. The number of rotatable bonds is 2. The van der Waals surface area contributed by atoms with Crippen LogP contribution in [0.25, 0.3) is 5.69 Å². The average Bonchev–Trinajstić information content (AvgIpc) is 2.89. The fourth-order valence-corrected chi connectivity index (χ4v) is 2.37. The van der Waals surface area contributed by atoms with Crippen LogP contribution in [0.2, 0.25) is 0 Å². The van der Waals surface area contributed by atoms with E-state index in [1.807, 2.05) is 36.1 Å². The van der Waals surface area contributed by atoms with Crippen molar-refractivity contribution in [3.05, 3.63) is 29.8 Å². The lowest BCUT2D eigenvalue weighted by Gasteiger charge is -2.30. The molecule has 1 saturated heterocycles. The molecule has 6 heteroatoms. The Labute approximate surface area is 111 Å². The standard InChI is InChI=1S/C13H17N5O/c1-10-4-6-11(7-5-10)18-13(14-15-16-18)17-8-2-3-12(19)9-17/h4-7,12,19H,2-3,8-9H2,1H3. The molecule has 0 saturated carbocycles. The van der Waals surface area contributed by atoms with E-state index >= 15 is 0 Å². The van der Waals surface area contributed by atoms with Gasteiger partial charge < -0.3 is 10.0 Å². The van der Waals surface area contributed by atoms with E-state index in [0.29, 0.717) is 12.5 Å². The van der Waals surface area contributed by atoms with Crippen molar-refractivity contribution < 1.29 is 5.11 Å². The van der Waals surface area contributed by atoms with Crippen LogP contribution in [0.15, 0.2) is 24.3 Å². The summed E-state index contributed by atoms with van der Waals surface area (Å²) in [5, 5.41) is 21.7. The highest BCUT2D eigenvalue weighted by Gasteiger charge is 2.22. The molecule has 0 radical (unpaired) electrons. The van der Waals surface area contributed by atoms with Crippen molar-refractivity contribution >= 4 is 5.95 Å². The van der Waals surface area contributed by atoms with Gasteiger partial charge in [-0.15, -0.1) is 0 Å². The second-order valence-electron chi connectivity index (χ2n) is 4.97.